The molecule has 7 heteroatoms. The molecule has 0 radical (unpaired) electrons. The average Bonchev–Trinajstić information content (AvgIpc) is 2.84. The standard InChI is InChI=1S/C14H20N4O2S/c1-11-13(8-15)4-3-5-14(11)21(19,20)17-7-6-12-9-16-18(2)10-12/h3-5,9-10,17H,6-8,15H2,1-2H3. The normalized spacial score (nSPS) is 11.8. The van der Waals surface area contributed by atoms with E-state index in [-0.39, 0.29) is 4.90 Å². The van der Waals surface area contributed by atoms with Gasteiger partial charge in [0.2, 0.25) is 10.0 Å². The maximum Gasteiger partial charge on any atom is 0.240 e. The van der Waals surface area contributed by atoms with Crippen molar-refractivity contribution in [3.63, 3.8) is 0 Å². The van der Waals surface area contributed by atoms with E-state index in [1.165, 1.54) is 0 Å². The first-order valence-electron chi connectivity index (χ1n) is 6.70. The van der Waals surface area contributed by atoms with Crippen molar-refractivity contribution in [3.05, 3.63) is 47.3 Å². The van der Waals surface area contributed by atoms with Crippen LogP contribution in [0.15, 0.2) is 35.5 Å². The van der Waals surface area contributed by atoms with Gasteiger partial charge < -0.3 is 5.73 Å². The van der Waals surface area contributed by atoms with Crippen molar-refractivity contribution in [2.24, 2.45) is 12.8 Å². The highest BCUT2D eigenvalue weighted by Gasteiger charge is 2.17. The number of aryl methyl sites for hydroxylation is 1. The molecule has 1 heterocycles. The lowest BCUT2D eigenvalue weighted by Crippen LogP contribution is -2.27. The molecule has 0 saturated carbocycles. The van der Waals surface area contributed by atoms with Crippen LogP contribution in [0, 0.1) is 6.92 Å². The number of nitrogens with one attached hydrogen (secondary N) is 1. The van der Waals surface area contributed by atoms with Crippen LogP contribution in [0.1, 0.15) is 16.7 Å². The molecule has 2 aromatic rings. The molecule has 2 rings (SSSR count). The van der Waals surface area contributed by atoms with Gasteiger partial charge in [-0.15, -0.1) is 0 Å². The summed E-state index contributed by atoms with van der Waals surface area (Å²) in [5, 5.41) is 4.05. The SMILES string of the molecule is Cc1c(CN)cccc1S(=O)(=O)NCCc1cnn(C)c1. The predicted molar refractivity (Wildman–Crippen MR) is 81.2 cm³/mol. The molecule has 6 nitrogen and oxygen atoms in total. The second kappa shape index (κ2) is 6.38. The first-order valence-corrected chi connectivity index (χ1v) is 8.18. The van der Waals surface area contributed by atoms with E-state index in [2.05, 4.69) is 9.82 Å². The average molecular weight is 308 g/mol. The monoisotopic (exact) mass is 308 g/mol. The lowest BCUT2D eigenvalue weighted by Gasteiger charge is -2.11. The van der Waals surface area contributed by atoms with E-state index in [1.54, 1.807) is 29.9 Å². The van der Waals surface area contributed by atoms with E-state index in [4.69, 9.17) is 5.73 Å². The minimum Gasteiger partial charge on any atom is -0.326 e. The molecule has 0 aliphatic rings. The molecule has 0 aliphatic heterocycles. The first-order chi connectivity index (χ1) is 9.94. The Balaban J connectivity index is 2.08. The third kappa shape index (κ3) is 3.69. The van der Waals surface area contributed by atoms with Gasteiger partial charge in [-0.1, -0.05) is 12.1 Å². The minimum atomic E-state index is -3.52. The van der Waals surface area contributed by atoms with Crippen LogP contribution in [-0.2, 0) is 30.0 Å². The molecule has 0 aliphatic carbocycles. The van der Waals surface area contributed by atoms with Crippen molar-refractivity contribution in [1.29, 1.82) is 0 Å². The molecule has 0 amide bonds. The molecule has 0 atom stereocenters. The van der Waals surface area contributed by atoms with Crippen LogP contribution in [-0.4, -0.2) is 24.7 Å². The van der Waals surface area contributed by atoms with Gasteiger partial charge in [0.1, 0.15) is 0 Å². The van der Waals surface area contributed by atoms with Crippen LogP contribution < -0.4 is 10.5 Å². The van der Waals surface area contributed by atoms with Crippen LogP contribution in [0.25, 0.3) is 0 Å². The smallest absolute Gasteiger partial charge is 0.240 e. The summed E-state index contributed by atoms with van der Waals surface area (Å²) < 4.78 is 29.0. The highest BCUT2D eigenvalue weighted by atomic mass is 32.2. The second-order valence-corrected chi connectivity index (χ2v) is 6.65. The Morgan fingerprint density at radius 1 is 1.38 bits per heavy atom. The molecule has 114 valence electrons. The fourth-order valence-corrected chi connectivity index (χ4v) is 3.50. The van der Waals surface area contributed by atoms with Gasteiger partial charge in [0.25, 0.3) is 0 Å². The number of aromatic nitrogens is 2. The minimum absolute atomic E-state index is 0.289. The van der Waals surface area contributed by atoms with E-state index in [9.17, 15) is 8.42 Å². The molecule has 0 spiro atoms. The molecule has 1 aromatic heterocycles. The molecule has 0 saturated heterocycles. The van der Waals surface area contributed by atoms with Crippen molar-refractivity contribution in [1.82, 2.24) is 14.5 Å². The highest BCUT2D eigenvalue weighted by molar-refractivity contribution is 7.89. The third-order valence-electron chi connectivity index (χ3n) is 3.37. The van der Waals surface area contributed by atoms with Crippen LogP contribution in [0.5, 0.6) is 0 Å². The summed E-state index contributed by atoms with van der Waals surface area (Å²) in [6, 6.07) is 5.15. The third-order valence-corrected chi connectivity index (χ3v) is 4.98. The molecular weight excluding hydrogens is 288 g/mol. The Morgan fingerprint density at radius 2 is 2.14 bits per heavy atom. The molecule has 3 N–H and O–H groups in total. The maximum absolute atomic E-state index is 12.3. The summed E-state index contributed by atoms with van der Waals surface area (Å²) in [6.45, 7) is 2.43. The quantitative estimate of drug-likeness (QED) is 0.822. The summed E-state index contributed by atoms with van der Waals surface area (Å²) in [5.41, 5.74) is 8.15. The van der Waals surface area contributed by atoms with E-state index < -0.39 is 10.0 Å². The lowest BCUT2D eigenvalue weighted by atomic mass is 10.1. The van der Waals surface area contributed by atoms with E-state index in [0.717, 1.165) is 11.1 Å². The molecular formula is C14H20N4O2S. The zero-order valence-electron chi connectivity index (χ0n) is 12.2. The molecule has 0 fully saturated rings. The molecule has 0 unspecified atom stereocenters. The van der Waals surface area contributed by atoms with Gasteiger partial charge >= 0.3 is 0 Å². The van der Waals surface area contributed by atoms with E-state index >= 15 is 0 Å². The number of nitrogens with two attached hydrogens (primary N) is 1. The largest absolute Gasteiger partial charge is 0.326 e. The summed E-state index contributed by atoms with van der Waals surface area (Å²) in [5.74, 6) is 0. The van der Waals surface area contributed by atoms with Gasteiger partial charge in [0, 0.05) is 26.3 Å². The number of nitrogens with zero attached hydrogens (tertiary/aromatic N) is 2. The fraction of sp³-hybridized carbons (Fsp3) is 0.357. The Labute approximate surface area is 125 Å². The van der Waals surface area contributed by atoms with E-state index in [1.807, 2.05) is 19.3 Å². The van der Waals surface area contributed by atoms with Gasteiger partial charge in [-0.05, 0) is 36.1 Å². The van der Waals surface area contributed by atoms with Crippen LogP contribution in [0.2, 0.25) is 0 Å². The van der Waals surface area contributed by atoms with Crippen molar-refractivity contribution in [2.45, 2.75) is 24.8 Å². The number of rotatable bonds is 6. The zero-order valence-corrected chi connectivity index (χ0v) is 13.0. The Bertz CT molecular complexity index is 722. The van der Waals surface area contributed by atoms with Crippen LogP contribution in [0.3, 0.4) is 0 Å². The fourth-order valence-electron chi connectivity index (χ4n) is 2.18. The van der Waals surface area contributed by atoms with Gasteiger partial charge in [0.15, 0.2) is 0 Å². The summed E-state index contributed by atoms with van der Waals surface area (Å²) >= 11 is 0. The number of hydrogen-bond donors (Lipinski definition) is 2. The predicted octanol–water partition coefficient (Wildman–Crippen LogP) is 0.708. The topological polar surface area (TPSA) is 90.0 Å². The van der Waals surface area contributed by atoms with Gasteiger partial charge in [-0.3, -0.25) is 4.68 Å². The summed E-state index contributed by atoms with van der Waals surface area (Å²) in [4.78, 5) is 0.289. The summed E-state index contributed by atoms with van der Waals surface area (Å²) in [6.07, 6.45) is 4.20. The molecule has 21 heavy (non-hydrogen) atoms. The van der Waals surface area contributed by atoms with Crippen molar-refractivity contribution < 1.29 is 8.42 Å². The summed E-state index contributed by atoms with van der Waals surface area (Å²) in [7, 11) is -1.69. The Kier molecular flexibility index (Phi) is 4.76. The van der Waals surface area contributed by atoms with Gasteiger partial charge in [0.05, 0.1) is 11.1 Å². The highest BCUT2D eigenvalue weighted by Crippen LogP contribution is 2.18. The van der Waals surface area contributed by atoms with Crippen molar-refractivity contribution >= 4 is 10.0 Å². The second-order valence-electron chi connectivity index (χ2n) is 4.91. The van der Waals surface area contributed by atoms with Crippen molar-refractivity contribution in [2.75, 3.05) is 6.54 Å². The number of hydrogen-bond acceptors (Lipinski definition) is 4. The molecule has 1 aromatic carbocycles. The van der Waals surface area contributed by atoms with Crippen LogP contribution in [0.4, 0.5) is 0 Å². The Hall–Kier alpha value is -1.70. The molecule has 0 bridgehead atoms. The maximum atomic E-state index is 12.3. The van der Waals surface area contributed by atoms with Crippen LogP contribution >= 0.6 is 0 Å². The first kappa shape index (κ1) is 15.7. The van der Waals surface area contributed by atoms with Gasteiger partial charge in [-0.2, -0.15) is 5.10 Å². The Morgan fingerprint density at radius 3 is 2.76 bits per heavy atom. The number of benzene rings is 1. The van der Waals surface area contributed by atoms with E-state index in [0.29, 0.717) is 25.1 Å². The van der Waals surface area contributed by atoms with Gasteiger partial charge in [-0.25, -0.2) is 13.1 Å². The lowest BCUT2D eigenvalue weighted by molar-refractivity contribution is 0.581. The zero-order chi connectivity index (χ0) is 15.5. The van der Waals surface area contributed by atoms with Crippen molar-refractivity contribution in [3.8, 4) is 0 Å². The number of sulfonamides is 1.